The first-order chi connectivity index (χ1) is 9.50. The molecule has 0 unspecified atom stereocenters. The lowest BCUT2D eigenvalue weighted by atomic mass is 10.1. The van der Waals surface area contributed by atoms with E-state index >= 15 is 0 Å². The molecule has 0 bridgehead atoms. The number of benzene rings is 1. The maximum absolute atomic E-state index is 12.8. The van der Waals surface area contributed by atoms with E-state index in [0.29, 0.717) is 11.6 Å². The monoisotopic (exact) mass is 281 g/mol. The number of rotatable bonds is 4. The minimum Gasteiger partial charge on any atom is -0.373 e. The summed E-state index contributed by atoms with van der Waals surface area (Å²) in [6.45, 7) is 0.0653. The Labute approximate surface area is 114 Å². The van der Waals surface area contributed by atoms with E-state index in [1.807, 2.05) is 0 Å². The fraction of sp³-hybridized carbons (Fsp3) is 0.214. The van der Waals surface area contributed by atoms with Crippen LogP contribution in [0.15, 0.2) is 42.5 Å². The van der Waals surface area contributed by atoms with Crippen molar-refractivity contribution in [2.75, 3.05) is 17.7 Å². The minimum atomic E-state index is -4.35. The molecule has 20 heavy (non-hydrogen) atoms. The van der Waals surface area contributed by atoms with Crippen LogP contribution in [0, 0.1) is 0 Å². The van der Waals surface area contributed by atoms with Gasteiger partial charge in [0.1, 0.15) is 11.6 Å². The highest BCUT2D eigenvalue weighted by Gasteiger charge is 2.32. The van der Waals surface area contributed by atoms with E-state index in [1.54, 1.807) is 31.3 Å². The third kappa shape index (κ3) is 3.40. The predicted molar refractivity (Wildman–Crippen MR) is 72.6 cm³/mol. The molecule has 0 aliphatic heterocycles. The van der Waals surface area contributed by atoms with Crippen LogP contribution in [0.1, 0.15) is 11.1 Å². The average Bonchev–Trinajstić information content (AvgIpc) is 2.44. The van der Waals surface area contributed by atoms with Crippen LogP contribution in [-0.4, -0.2) is 12.0 Å². The van der Waals surface area contributed by atoms with Crippen molar-refractivity contribution in [3.8, 4) is 0 Å². The number of alkyl halides is 3. The zero-order valence-electron chi connectivity index (χ0n) is 10.8. The van der Waals surface area contributed by atoms with Crippen LogP contribution in [0.2, 0.25) is 0 Å². The lowest BCUT2D eigenvalue weighted by Crippen LogP contribution is -2.12. The number of hydrogen-bond acceptors (Lipinski definition) is 3. The van der Waals surface area contributed by atoms with Crippen molar-refractivity contribution in [2.24, 2.45) is 0 Å². The SMILES string of the molecule is CNc1cccc(NCc2ccccc2C(F)(F)F)n1. The summed E-state index contributed by atoms with van der Waals surface area (Å²) in [6, 6.07) is 10.8. The molecule has 0 aliphatic rings. The highest BCUT2D eigenvalue weighted by molar-refractivity contribution is 5.45. The Morgan fingerprint density at radius 3 is 2.40 bits per heavy atom. The molecule has 0 fully saturated rings. The van der Waals surface area contributed by atoms with Gasteiger partial charge in [-0.2, -0.15) is 13.2 Å². The number of nitrogens with zero attached hydrogens (tertiary/aromatic N) is 1. The summed E-state index contributed by atoms with van der Waals surface area (Å²) in [4.78, 5) is 4.19. The molecule has 0 saturated carbocycles. The summed E-state index contributed by atoms with van der Waals surface area (Å²) < 4.78 is 38.5. The van der Waals surface area contributed by atoms with Crippen molar-refractivity contribution < 1.29 is 13.2 Å². The Hall–Kier alpha value is -2.24. The molecular weight excluding hydrogens is 267 g/mol. The molecule has 0 aliphatic carbocycles. The Balaban J connectivity index is 2.15. The van der Waals surface area contributed by atoms with Gasteiger partial charge in [0.05, 0.1) is 5.56 Å². The first kappa shape index (κ1) is 14.2. The maximum Gasteiger partial charge on any atom is 0.416 e. The lowest BCUT2D eigenvalue weighted by Gasteiger charge is -2.13. The quantitative estimate of drug-likeness (QED) is 0.896. The smallest absolute Gasteiger partial charge is 0.373 e. The van der Waals surface area contributed by atoms with E-state index in [9.17, 15) is 13.2 Å². The van der Waals surface area contributed by atoms with E-state index in [-0.39, 0.29) is 12.1 Å². The van der Waals surface area contributed by atoms with Crippen LogP contribution in [0.25, 0.3) is 0 Å². The molecule has 2 aromatic rings. The van der Waals surface area contributed by atoms with Gasteiger partial charge in [-0.05, 0) is 23.8 Å². The zero-order valence-corrected chi connectivity index (χ0v) is 10.8. The Morgan fingerprint density at radius 2 is 1.70 bits per heavy atom. The van der Waals surface area contributed by atoms with Crippen LogP contribution in [0.3, 0.4) is 0 Å². The third-order valence-corrected chi connectivity index (χ3v) is 2.79. The number of anilines is 2. The van der Waals surface area contributed by atoms with Crippen LogP contribution >= 0.6 is 0 Å². The highest BCUT2D eigenvalue weighted by Crippen LogP contribution is 2.32. The second-order valence-corrected chi connectivity index (χ2v) is 4.17. The van der Waals surface area contributed by atoms with Crippen molar-refractivity contribution in [1.82, 2.24) is 4.98 Å². The zero-order chi connectivity index (χ0) is 14.6. The summed E-state index contributed by atoms with van der Waals surface area (Å²) in [5.74, 6) is 1.17. The maximum atomic E-state index is 12.8. The van der Waals surface area contributed by atoms with Gasteiger partial charge < -0.3 is 10.6 Å². The van der Waals surface area contributed by atoms with E-state index < -0.39 is 11.7 Å². The number of nitrogens with one attached hydrogen (secondary N) is 2. The fourth-order valence-corrected chi connectivity index (χ4v) is 1.81. The lowest BCUT2D eigenvalue weighted by molar-refractivity contribution is -0.138. The summed E-state index contributed by atoms with van der Waals surface area (Å²) in [6.07, 6.45) is -4.35. The Kier molecular flexibility index (Phi) is 4.12. The number of hydrogen-bond donors (Lipinski definition) is 2. The molecule has 106 valence electrons. The second kappa shape index (κ2) is 5.81. The molecule has 0 radical (unpaired) electrons. The minimum absolute atomic E-state index is 0.0653. The molecule has 1 heterocycles. The van der Waals surface area contributed by atoms with Gasteiger partial charge in [-0.1, -0.05) is 24.3 Å². The van der Waals surface area contributed by atoms with Crippen LogP contribution in [0.4, 0.5) is 24.8 Å². The van der Waals surface area contributed by atoms with Gasteiger partial charge >= 0.3 is 6.18 Å². The van der Waals surface area contributed by atoms with E-state index in [0.717, 1.165) is 6.07 Å². The van der Waals surface area contributed by atoms with Gasteiger partial charge in [0.2, 0.25) is 0 Å². The van der Waals surface area contributed by atoms with Crippen LogP contribution in [0.5, 0.6) is 0 Å². The molecule has 0 saturated heterocycles. The van der Waals surface area contributed by atoms with Gasteiger partial charge in [-0.3, -0.25) is 0 Å². The molecule has 0 spiro atoms. The van der Waals surface area contributed by atoms with Crippen LogP contribution in [-0.2, 0) is 12.7 Å². The van der Waals surface area contributed by atoms with E-state index in [2.05, 4.69) is 15.6 Å². The van der Waals surface area contributed by atoms with E-state index in [4.69, 9.17) is 0 Å². The van der Waals surface area contributed by atoms with Gasteiger partial charge in [0.25, 0.3) is 0 Å². The van der Waals surface area contributed by atoms with Gasteiger partial charge in [-0.15, -0.1) is 0 Å². The molecule has 3 nitrogen and oxygen atoms in total. The van der Waals surface area contributed by atoms with E-state index in [1.165, 1.54) is 12.1 Å². The molecule has 0 amide bonds. The third-order valence-electron chi connectivity index (χ3n) is 2.79. The van der Waals surface area contributed by atoms with Crippen molar-refractivity contribution in [1.29, 1.82) is 0 Å². The standard InChI is InChI=1S/C14H14F3N3/c1-18-12-7-4-8-13(20-12)19-9-10-5-2-3-6-11(10)14(15,16)17/h2-8H,9H2,1H3,(H2,18,19,20). The number of halogens is 3. The number of aromatic nitrogens is 1. The average molecular weight is 281 g/mol. The molecular formula is C14H14F3N3. The summed E-state index contributed by atoms with van der Waals surface area (Å²) in [7, 11) is 1.73. The molecule has 1 aromatic carbocycles. The summed E-state index contributed by atoms with van der Waals surface area (Å²) in [5.41, 5.74) is -0.436. The van der Waals surface area contributed by atoms with Crippen molar-refractivity contribution in [3.63, 3.8) is 0 Å². The summed E-state index contributed by atoms with van der Waals surface area (Å²) in [5, 5.41) is 5.77. The van der Waals surface area contributed by atoms with Crippen molar-refractivity contribution >= 4 is 11.6 Å². The highest BCUT2D eigenvalue weighted by atomic mass is 19.4. The molecule has 2 rings (SSSR count). The topological polar surface area (TPSA) is 37.0 Å². The molecule has 1 aromatic heterocycles. The predicted octanol–water partition coefficient (Wildman–Crippen LogP) is 3.75. The summed E-state index contributed by atoms with van der Waals surface area (Å²) >= 11 is 0. The molecule has 2 N–H and O–H groups in total. The van der Waals surface area contributed by atoms with Crippen molar-refractivity contribution in [3.05, 3.63) is 53.6 Å². The van der Waals surface area contributed by atoms with Crippen molar-refractivity contribution in [2.45, 2.75) is 12.7 Å². The fourth-order valence-electron chi connectivity index (χ4n) is 1.81. The van der Waals surface area contributed by atoms with Crippen LogP contribution < -0.4 is 10.6 Å². The second-order valence-electron chi connectivity index (χ2n) is 4.17. The van der Waals surface area contributed by atoms with Gasteiger partial charge in [0.15, 0.2) is 0 Å². The normalized spacial score (nSPS) is 11.2. The molecule has 6 heteroatoms. The van der Waals surface area contributed by atoms with Gasteiger partial charge in [0, 0.05) is 13.6 Å². The largest absolute Gasteiger partial charge is 0.416 e. The van der Waals surface area contributed by atoms with Gasteiger partial charge in [-0.25, -0.2) is 4.98 Å². The Morgan fingerprint density at radius 1 is 1.00 bits per heavy atom. The molecule has 0 atom stereocenters. The number of pyridine rings is 1. The first-order valence-corrected chi connectivity index (χ1v) is 6.04. The first-order valence-electron chi connectivity index (χ1n) is 6.04. The Bertz CT molecular complexity index is 582.